The van der Waals surface area contributed by atoms with Gasteiger partial charge in [0.1, 0.15) is 5.82 Å². The molecule has 0 bridgehead atoms. The normalized spacial score (nSPS) is 27.8. The zero-order chi connectivity index (χ0) is 14.7. The standard InChI is InChI=1S/C16H25N3O2/c1-2-14-13(4-3-11-21-14)16(20)19-9-5-12(6-10-19)15-17-7-8-18-15/h7-8,12-14H,2-6,9-11H2,1H3,(H,17,18). The molecular weight excluding hydrogens is 266 g/mol. The van der Waals surface area contributed by atoms with Crippen LogP contribution in [0, 0.1) is 5.92 Å². The Morgan fingerprint density at radius 2 is 2.24 bits per heavy atom. The Kier molecular flexibility index (Phi) is 4.58. The molecule has 2 aliphatic heterocycles. The summed E-state index contributed by atoms with van der Waals surface area (Å²) < 4.78 is 5.77. The first kappa shape index (κ1) is 14.6. The third kappa shape index (κ3) is 3.12. The van der Waals surface area contributed by atoms with Gasteiger partial charge in [0.15, 0.2) is 0 Å². The lowest BCUT2D eigenvalue weighted by Gasteiger charge is -2.37. The van der Waals surface area contributed by atoms with Crippen molar-refractivity contribution >= 4 is 5.91 Å². The molecule has 1 N–H and O–H groups in total. The van der Waals surface area contributed by atoms with E-state index in [1.54, 1.807) is 6.20 Å². The minimum absolute atomic E-state index is 0.0731. The summed E-state index contributed by atoms with van der Waals surface area (Å²) in [5, 5.41) is 0. The zero-order valence-electron chi connectivity index (χ0n) is 12.8. The summed E-state index contributed by atoms with van der Waals surface area (Å²) in [7, 11) is 0. The molecule has 2 fully saturated rings. The van der Waals surface area contributed by atoms with Crippen LogP contribution in [0.2, 0.25) is 0 Å². The molecule has 5 heteroatoms. The van der Waals surface area contributed by atoms with Crippen molar-refractivity contribution < 1.29 is 9.53 Å². The molecule has 0 saturated carbocycles. The first-order valence-corrected chi connectivity index (χ1v) is 8.19. The molecule has 2 saturated heterocycles. The Morgan fingerprint density at radius 1 is 1.43 bits per heavy atom. The number of H-pyrrole nitrogens is 1. The summed E-state index contributed by atoms with van der Waals surface area (Å²) in [5.41, 5.74) is 0. The smallest absolute Gasteiger partial charge is 0.228 e. The van der Waals surface area contributed by atoms with Crippen molar-refractivity contribution in [3.05, 3.63) is 18.2 Å². The second-order valence-electron chi connectivity index (χ2n) is 6.14. The quantitative estimate of drug-likeness (QED) is 0.930. The van der Waals surface area contributed by atoms with Gasteiger partial charge >= 0.3 is 0 Å². The zero-order valence-corrected chi connectivity index (χ0v) is 12.8. The van der Waals surface area contributed by atoms with Crippen molar-refractivity contribution in [1.82, 2.24) is 14.9 Å². The number of aromatic nitrogens is 2. The summed E-state index contributed by atoms with van der Waals surface area (Å²) in [5.74, 6) is 1.91. The number of hydrogen-bond acceptors (Lipinski definition) is 3. The van der Waals surface area contributed by atoms with E-state index in [1.807, 2.05) is 11.1 Å². The number of likely N-dealkylation sites (tertiary alicyclic amines) is 1. The molecule has 1 aromatic heterocycles. The van der Waals surface area contributed by atoms with Crippen LogP contribution in [0.15, 0.2) is 12.4 Å². The Hall–Kier alpha value is -1.36. The average molecular weight is 291 g/mol. The fourth-order valence-electron chi connectivity index (χ4n) is 3.63. The average Bonchev–Trinajstić information content (AvgIpc) is 3.09. The van der Waals surface area contributed by atoms with Gasteiger partial charge in [-0.3, -0.25) is 4.79 Å². The van der Waals surface area contributed by atoms with Crippen molar-refractivity contribution in [3.63, 3.8) is 0 Å². The van der Waals surface area contributed by atoms with Gasteiger partial charge in [0, 0.05) is 38.0 Å². The van der Waals surface area contributed by atoms with Gasteiger partial charge in [0.05, 0.1) is 12.0 Å². The lowest BCUT2D eigenvalue weighted by atomic mass is 9.89. The first-order chi connectivity index (χ1) is 10.3. The van der Waals surface area contributed by atoms with E-state index in [0.717, 1.165) is 57.6 Å². The second kappa shape index (κ2) is 6.60. The topological polar surface area (TPSA) is 58.2 Å². The van der Waals surface area contributed by atoms with E-state index < -0.39 is 0 Å². The van der Waals surface area contributed by atoms with Crippen LogP contribution in [-0.4, -0.2) is 46.6 Å². The van der Waals surface area contributed by atoms with Gasteiger partial charge in [-0.25, -0.2) is 4.98 Å². The van der Waals surface area contributed by atoms with Crippen LogP contribution in [0.4, 0.5) is 0 Å². The predicted octanol–water partition coefficient (Wildman–Crippen LogP) is 2.32. The van der Waals surface area contributed by atoms with E-state index in [9.17, 15) is 4.79 Å². The number of nitrogens with zero attached hydrogens (tertiary/aromatic N) is 2. The van der Waals surface area contributed by atoms with Crippen molar-refractivity contribution in [2.45, 2.75) is 51.0 Å². The van der Waals surface area contributed by atoms with E-state index >= 15 is 0 Å². The van der Waals surface area contributed by atoms with Crippen molar-refractivity contribution in [2.75, 3.05) is 19.7 Å². The second-order valence-corrected chi connectivity index (χ2v) is 6.14. The predicted molar refractivity (Wildman–Crippen MR) is 79.9 cm³/mol. The Balaban J connectivity index is 1.57. The van der Waals surface area contributed by atoms with E-state index in [1.165, 1.54) is 0 Å². The Morgan fingerprint density at radius 3 is 2.90 bits per heavy atom. The first-order valence-electron chi connectivity index (χ1n) is 8.19. The summed E-state index contributed by atoms with van der Waals surface area (Å²) in [6.45, 7) is 4.61. The number of carbonyl (C=O) groups excluding carboxylic acids is 1. The largest absolute Gasteiger partial charge is 0.377 e. The number of imidazole rings is 1. The third-order valence-corrected chi connectivity index (χ3v) is 4.87. The van der Waals surface area contributed by atoms with Crippen LogP contribution >= 0.6 is 0 Å². The summed E-state index contributed by atoms with van der Waals surface area (Å²) in [6.07, 6.45) is 8.72. The molecule has 3 rings (SSSR count). The molecule has 2 unspecified atom stereocenters. The molecule has 2 aliphatic rings. The Bertz CT molecular complexity index is 452. The van der Waals surface area contributed by atoms with Gasteiger partial charge in [0.25, 0.3) is 0 Å². The molecular formula is C16H25N3O2. The van der Waals surface area contributed by atoms with Crippen molar-refractivity contribution in [1.29, 1.82) is 0 Å². The molecule has 1 aromatic rings. The van der Waals surface area contributed by atoms with E-state index in [2.05, 4.69) is 16.9 Å². The minimum atomic E-state index is 0.0731. The van der Waals surface area contributed by atoms with Crippen molar-refractivity contribution in [2.24, 2.45) is 5.92 Å². The fourth-order valence-corrected chi connectivity index (χ4v) is 3.63. The van der Waals surface area contributed by atoms with E-state index in [-0.39, 0.29) is 12.0 Å². The highest BCUT2D eigenvalue weighted by Crippen LogP contribution is 2.29. The number of amides is 1. The minimum Gasteiger partial charge on any atom is -0.377 e. The number of ether oxygens (including phenoxy) is 1. The SMILES string of the molecule is CCC1OCCCC1C(=O)N1CCC(c2ncc[nH]2)CC1. The maximum atomic E-state index is 12.7. The van der Waals surface area contributed by atoms with Gasteiger partial charge in [0.2, 0.25) is 5.91 Å². The number of nitrogens with one attached hydrogen (secondary N) is 1. The molecule has 5 nitrogen and oxygen atoms in total. The maximum Gasteiger partial charge on any atom is 0.228 e. The van der Waals surface area contributed by atoms with Crippen LogP contribution in [0.5, 0.6) is 0 Å². The van der Waals surface area contributed by atoms with Gasteiger partial charge in [-0.05, 0) is 32.1 Å². The van der Waals surface area contributed by atoms with E-state index in [0.29, 0.717) is 11.8 Å². The summed E-state index contributed by atoms with van der Waals surface area (Å²) in [6, 6.07) is 0. The third-order valence-electron chi connectivity index (χ3n) is 4.87. The van der Waals surface area contributed by atoms with Crippen LogP contribution in [0.1, 0.15) is 50.8 Å². The van der Waals surface area contributed by atoms with E-state index in [4.69, 9.17) is 4.74 Å². The van der Waals surface area contributed by atoms with Crippen LogP contribution in [0.25, 0.3) is 0 Å². The molecule has 21 heavy (non-hydrogen) atoms. The molecule has 0 aliphatic carbocycles. The van der Waals surface area contributed by atoms with Crippen LogP contribution in [0.3, 0.4) is 0 Å². The molecule has 116 valence electrons. The molecule has 3 heterocycles. The van der Waals surface area contributed by atoms with Crippen LogP contribution < -0.4 is 0 Å². The summed E-state index contributed by atoms with van der Waals surface area (Å²) in [4.78, 5) is 22.3. The summed E-state index contributed by atoms with van der Waals surface area (Å²) >= 11 is 0. The molecule has 1 amide bonds. The lowest BCUT2D eigenvalue weighted by Crippen LogP contribution is -2.46. The van der Waals surface area contributed by atoms with Gasteiger partial charge < -0.3 is 14.6 Å². The maximum absolute atomic E-state index is 12.7. The number of piperidine rings is 1. The Labute approximate surface area is 126 Å². The number of hydrogen-bond donors (Lipinski definition) is 1. The monoisotopic (exact) mass is 291 g/mol. The number of aromatic amines is 1. The van der Waals surface area contributed by atoms with Gasteiger partial charge in [-0.2, -0.15) is 0 Å². The van der Waals surface area contributed by atoms with Crippen molar-refractivity contribution in [3.8, 4) is 0 Å². The fraction of sp³-hybridized carbons (Fsp3) is 0.750. The lowest BCUT2D eigenvalue weighted by molar-refractivity contribution is -0.146. The molecule has 2 atom stereocenters. The highest BCUT2D eigenvalue weighted by Gasteiger charge is 2.35. The van der Waals surface area contributed by atoms with Gasteiger partial charge in [-0.1, -0.05) is 6.92 Å². The highest BCUT2D eigenvalue weighted by molar-refractivity contribution is 5.79. The number of rotatable bonds is 3. The van der Waals surface area contributed by atoms with Gasteiger partial charge in [-0.15, -0.1) is 0 Å². The molecule has 0 radical (unpaired) electrons. The van der Waals surface area contributed by atoms with Crippen LogP contribution in [-0.2, 0) is 9.53 Å². The highest BCUT2D eigenvalue weighted by atomic mass is 16.5. The number of carbonyl (C=O) groups is 1. The molecule has 0 aromatic carbocycles. The molecule has 0 spiro atoms.